The van der Waals surface area contributed by atoms with Gasteiger partial charge in [-0.15, -0.1) is 0 Å². The number of fused-ring (bicyclic) bond motifs is 3. The predicted molar refractivity (Wildman–Crippen MR) is 106 cm³/mol. The fraction of sp³-hybridized carbons (Fsp3) is 0.273. The number of nitrogens with one attached hydrogen (secondary N) is 1. The number of amides is 2. The van der Waals surface area contributed by atoms with Gasteiger partial charge in [-0.05, 0) is 35.4 Å². The maximum Gasteiger partial charge on any atom is 0.274 e. The van der Waals surface area contributed by atoms with E-state index in [1.54, 1.807) is 19.3 Å². The van der Waals surface area contributed by atoms with Gasteiger partial charge in [-0.1, -0.05) is 41.6 Å². The van der Waals surface area contributed by atoms with E-state index in [0.717, 1.165) is 17.5 Å². The summed E-state index contributed by atoms with van der Waals surface area (Å²) < 4.78 is 5.32. The quantitative estimate of drug-likeness (QED) is 0.742. The van der Waals surface area contributed by atoms with Crippen LogP contribution >= 0.6 is 0 Å². The number of likely N-dealkylation sites (N-methyl/N-ethyl adjacent to an activating group) is 1. The van der Waals surface area contributed by atoms with Crippen molar-refractivity contribution in [3.05, 3.63) is 77.3 Å². The van der Waals surface area contributed by atoms with Crippen LogP contribution in [0.1, 0.15) is 39.7 Å². The monoisotopic (exact) mass is 388 g/mol. The molecule has 1 fully saturated rings. The van der Waals surface area contributed by atoms with E-state index in [4.69, 9.17) is 4.52 Å². The molecule has 0 radical (unpaired) electrons. The molecule has 2 amide bonds. The van der Waals surface area contributed by atoms with Gasteiger partial charge in [-0.2, -0.15) is 0 Å². The zero-order valence-corrected chi connectivity index (χ0v) is 15.9. The lowest BCUT2D eigenvalue weighted by Gasteiger charge is -2.22. The van der Waals surface area contributed by atoms with E-state index in [1.807, 2.05) is 42.5 Å². The molecule has 146 valence electrons. The smallest absolute Gasteiger partial charge is 0.274 e. The van der Waals surface area contributed by atoms with Crippen molar-refractivity contribution < 1.29 is 14.1 Å². The molecule has 3 heterocycles. The van der Waals surface area contributed by atoms with Crippen LogP contribution in [0.2, 0.25) is 0 Å². The van der Waals surface area contributed by atoms with E-state index in [0.29, 0.717) is 18.0 Å². The summed E-state index contributed by atoms with van der Waals surface area (Å²) in [7, 11) is 1.70. The van der Waals surface area contributed by atoms with Crippen molar-refractivity contribution in [1.82, 2.24) is 15.5 Å². The highest BCUT2D eigenvalue weighted by atomic mass is 16.5. The van der Waals surface area contributed by atoms with E-state index >= 15 is 0 Å². The van der Waals surface area contributed by atoms with Crippen molar-refractivity contribution in [3.8, 4) is 0 Å². The Morgan fingerprint density at radius 3 is 2.90 bits per heavy atom. The Hall–Kier alpha value is -3.48. The van der Waals surface area contributed by atoms with Crippen LogP contribution < -0.4 is 10.2 Å². The molecule has 7 heteroatoms. The van der Waals surface area contributed by atoms with Crippen molar-refractivity contribution in [1.29, 1.82) is 0 Å². The van der Waals surface area contributed by atoms with Gasteiger partial charge in [-0.3, -0.25) is 14.5 Å². The van der Waals surface area contributed by atoms with E-state index in [2.05, 4.69) is 15.5 Å². The van der Waals surface area contributed by atoms with Crippen LogP contribution in [0.4, 0.5) is 5.82 Å². The Morgan fingerprint density at radius 2 is 2.07 bits per heavy atom. The lowest BCUT2D eigenvalue weighted by Crippen LogP contribution is -2.48. The minimum absolute atomic E-state index is 0.0787. The molecular weight excluding hydrogens is 368 g/mol. The summed E-state index contributed by atoms with van der Waals surface area (Å²) in [5.74, 6) is 1.04. The van der Waals surface area contributed by atoms with Gasteiger partial charge in [0.1, 0.15) is 17.6 Å². The van der Waals surface area contributed by atoms with Crippen molar-refractivity contribution in [2.24, 2.45) is 5.92 Å². The summed E-state index contributed by atoms with van der Waals surface area (Å²) in [5.41, 5.74) is 2.32. The topological polar surface area (TPSA) is 88.3 Å². The van der Waals surface area contributed by atoms with E-state index in [9.17, 15) is 9.59 Å². The summed E-state index contributed by atoms with van der Waals surface area (Å²) in [4.78, 5) is 31.7. The lowest BCUT2D eigenvalue weighted by atomic mass is 10.1. The molecule has 1 aliphatic carbocycles. The maximum atomic E-state index is 13.0. The van der Waals surface area contributed by atoms with Crippen LogP contribution in [-0.4, -0.2) is 35.0 Å². The van der Waals surface area contributed by atoms with Gasteiger partial charge >= 0.3 is 0 Å². The third-order valence-corrected chi connectivity index (χ3v) is 5.70. The highest BCUT2D eigenvalue weighted by Crippen LogP contribution is 2.53. The third kappa shape index (κ3) is 3.18. The number of anilines is 1. The number of carbonyl (C=O) groups is 2. The molecular formula is C22H20N4O3. The van der Waals surface area contributed by atoms with Gasteiger partial charge in [0.05, 0.1) is 0 Å². The normalized spacial score (nSPS) is 22.4. The summed E-state index contributed by atoms with van der Waals surface area (Å²) in [6, 6.07) is 14.8. The average molecular weight is 388 g/mol. The molecule has 2 aromatic heterocycles. The number of rotatable bonds is 4. The van der Waals surface area contributed by atoms with Gasteiger partial charge in [-0.25, -0.2) is 4.98 Å². The van der Waals surface area contributed by atoms with Crippen molar-refractivity contribution in [2.75, 3.05) is 11.9 Å². The van der Waals surface area contributed by atoms with E-state index in [-0.39, 0.29) is 23.4 Å². The highest BCUT2D eigenvalue weighted by molar-refractivity contribution is 6.02. The zero-order chi connectivity index (χ0) is 20.0. The van der Waals surface area contributed by atoms with Crippen LogP contribution in [0.25, 0.3) is 0 Å². The number of carbonyl (C=O) groups excluding carboxylic acids is 2. The molecule has 1 saturated carbocycles. The van der Waals surface area contributed by atoms with Crippen LogP contribution in [0.3, 0.4) is 0 Å². The first-order valence-corrected chi connectivity index (χ1v) is 9.64. The second-order valence-corrected chi connectivity index (χ2v) is 7.61. The van der Waals surface area contributed by atoms with Crippen molar-refractivity contribution in [3.63, 3.8) is 0 Å². The first kappa shape index (κ1) is 17.6. The Morgan fingerprint density at radius 1 is 1.24 bits per heavy atom. The molecule has 7 nitrogen and oxygen atoms in total. The van der Waals surface area contributed by atoms with Crippen LogP contribution in [0.5, 0.6) is 0 Å². The SMILES string of the molecule is CN1C(=O)C(NC(=O)c2cc(Cc3ccccc3)on2)C2CC2c2cccnc21. The fourth-order valence-corrected chi connectivity index (χ4v) is 4.10. The van der Waals surface area contributed by atoms with E-state index in [1.165, 1.54) is 4.90 Å². The highest BCUT2D eigenvalue weighted by Gasteiger charge is 2.52. The Balaban J connectivity index is 1.32. The average Bonchev–Trinajstić information content (AvgIpc) is 3.41. The first-order valence-electron chi connectivity index (χ1n) is 9.64. The Labute approximate surface area is 167 Å². The summed E-state index contributed by atoms with van der Waals surface area (Å²) in [5, 5.41) is 6.78. The molecule has 29 heavy (non-hydrogen) atoms. The lowest BCUT2D eigenvalue weighted by molar-refractivity contribution is -0.120. The molecule has 0 spiro atoms. The van der Waals surface area contributed by atoms with Crippen LogP contribution in [-0.2, 0) is 11.2 Å². The number of aromatic nitrogens is 2. The molecule has 2 aliphatic rings. The summed E-state index contributed by atoms with van der Waals surface area (Å²) in [6.45, 7) is 0. The third-order valence-electron chi connectivity index (χ3n) is 5.70. The number of hydrogen-bond donors (Lipinski definition) is 1. The first-order chi connectivity index (χ1) is 14.1. The fourth-order valence-electron chi connectivity index (χ4n) is 4.10. The second-order valence-electron chi connectivity index (χ2n) is 7.61. The Kier molecular flexibility index (Phi) is 4.16. The predicted octanol–water partition coefficient (Wildman–Crippen LogP) is 2.54. The minimum atomic E-state index is -0.596. The molecule has 1 aromatic carbocycles. The van der Waals surface area contributed by atoms with E-state index < -0.39 is 11.9 Å². The number of nitrogens with zero attached hydrogens (tertiary/aromatic N) is 3. The van der Waals surface area contributed by atoms with Gasteiger partial charge in [0, 0.05) is 25.7 Å². The maximum absolute atomic E-state index is 13.0. The minimum Gasteiger partial charge on any atom is -0.360 e. The largest absolute Gasteiger partial charge is 0.360 e. The van der Waals surface area contributed by atoms with Crippen LogP contribution in [0, 0.1) is 5.92 Å². The Bertz CT molecular complexity index is 1080. The molecule has 3 atom stereocenters. The van der Waals surface area contributed by atoms with Gasteiger partial charge in [0.25, 0.3) is 11.8 Å². The molecule has 1 aliphatic heterocycles. The van der Waals surface area contributed by atoms with Crippen LogP contribution in [0.15, 0.2) is 59.3 Å². The second kappa shape index (κ2) is 6.84. The van der Waals surface area contributed by atoms with Gasteiger partial charge < -0.3 is 9.84 Å². The number of benzene rings is 1. The van der Waals surface area contributed by atoms with Crippen molar-refractivity contribution in [2.45, 2.75) is 24.8 Å². The molecule has 3 unspecified atom stereocenters. The molecule has 3 aromatic rings. The molecule has 0 saturated heterocycles. The number of hydrogen-bond acceptors (Lipinski definition) is 5. The summed E-state index contributed by atoms with van der Waals surface area (Å²) in [6.07, 6.45) is 3.10. The molecule has 5 rings (SSSR count). The van der Waals surface area contributed by atoms with Crippen molar-refractivity contribution >= 4 is 17.6 Å². The van der Waals surface area contributed by atoms with Gasteiger partial charge in [0.15, 0.2) is 5.69 Å². The van der Waals surface area contributed by atoms with Gasteiger partial charge in [0.2, 0.25) is 0 Å². The zero-order valence-electron chi connectivity index (χ0n) is 15.9. The molecule has 0 bridgehead atoms. The standard InChI is InChI=1S/C22H20N4O3/c1-26-20-15(8-5-9-23-20)16-12-17(16)19(22(26)28)24-21(27)18-11-14(29-25-18)10-13-6-3-2-4-7-13/h2-9,11,16-17,19H,10,12H2,1H3,(H,24,27). The summed E-state index contributed by atoms with van der Waals surface area (Å²) >= 11 is 0. The molecule has 1 N–H and O–H groups in total. The number of pyridine rings is 1.